The van der Waals surface area contributed by atoms with Crippen LogP contribution in [0.2, 0.25) is 0 Å². The van der Waals surface area contributed by atoms with Crippen molar-refractivity contribution in [3.63, 3.8) is 0 Å². The van der Waals surface area contributed by atoms with E-state index in [0.717, 1.165) is 14.6 Å². The van der Waals surface area contributed by atoms with E-state index >= 15 is 0 Å². The molecular weight excluding hydrogens is 330 g/mol. The molecule has 0 fully saturated rings. The van der Waals surface area contributed by atoms with Crippen molar-refractivity contribution in [2.75, 3.05) is 19.3 Å². The zero-order chi connectivity index (χ0) is 17.0. The lowest BCUT2D eigenvalue weighted by molar-refractivity contribution is -0.133. The van der Waals surface area contributed by atoms with E-state index in [0.29, 0.717) is 0 Å². The third-order valence-corrected chi connectivity index (χ3v) is 5.08. The number of fused-ring (bicyclic) bond motifs is 1. The van der Waals surface area contributed by atoms with Crippen LogP contribution in [0.4, 0.5) is 0 Å². The summed E-state index contributed by atoms with van der Waals surface area (Å²) in [7, 11) is 1.64. The second kappa shape index (κ2) is 7.31. The molecule has 0 aliphatic heterocycles. The molecule has 5 nitrogen and oxygen atoms in total. The Hall–Kier alpha value is -1.60. The van der Waals surface area contributed by atoms with Crippen molar-refractivity contribution in [3.8, 4) is 0 Å². The molecule has 1 N–H and O–H groups in total. The number of para-hydroxylation sites is 1. The van der Waals surface area contributed by atoms with Crippen LogP contribution in [0.15, 0.2) is 28.6 Å². The van der Waals surface area contributed by atoms with Gasteiger partial charge in [-0.05, 0) is 32.9 Å². The number of aromatic nitrogens is 1. The number of thioether (sulfide) groups is 1. The molecule has 0 aliphatic rings. The van der Waals surface area contributed by atoms with Crippen molar-refractivity contribution in [2.45, 2.75) is 30.6 Å². The summed E-state index contributed by atoms with van der Waals surface area (Å²) in [6.45, 7) is 5.80. The molecule has 23 heavy (non-hydrogen) atoms. The van der Waals surface area contributed by atoms with Crippen molar-refractivity contribution in [2.24, 2.45) is 0 Å². The molecule has 0 saturated heterocycles. The summed E-state index contributed by atoms with van der Waals surface area (Å²) in [6.07, 6.45) is 0. The maximum absolute atomic E-state index is 12.1. The fourth-order valence-electron chi connectivity index (χ4n) is 1.91. The highest BCUT2D eigenvalue weighted by Gasteiger charge is 2.18. The first-order valence-corrected chi connectivity index (χ1v) is 9.08. The van der Waals surface area contributed by atoms with Gasteiger partial charge < -0.3 is 10.2 Å². The zero-order valence-electron chi connectivity index (χ0n) is 13.8. The molecule has 0 saturated carbocycles. The minimum Gasteiger partial charge on any atom is -0.350 e. The minimum atomic E-state index is -0.295. The average molecular weight is 351 g/mol. The van der Waals surface area contributed by atoms with Gasteiger partial charge in [-0.2, -0.15) is 0 Å². The van der Waals surface area contributed by atoms with E-state index in [-0.39, 0.29) is 29.7 Å². The molecule has 0 radical (unpaired) electrons. The van der Waals surface area contributed by atoms with Gasteiger partial charge in [0.25, 0.3) is 0 Å². The molecule has 1 aromatic heterocycles. The molecule has 1 heterocycles. The Balaban J connectivity index is 1.85. The van der Waals surface area contributed by atoms with Gasteiger partial charge in [-0.3, -0.25) is 9.59 Å². The number of nitrogens with zero attached hydrogens (tertiary/aromatic N) is 2. The highest BCUT2D eigenvalue weighted by molar-refractivity contribution is 8.01. The van der Waals surface area contributed by atoms with Crippen LogP contribution in [0.3, 0.4) is 0 Å². The second-order valence-electron chi connectivity index (χ2n) is 6.28. The number of carbonyl (C=O) groups excluding carboxylic acids is 2. The summed E-state index contributed by atoms with van der Waals surface area (Å²) in [5, 5.41) is 2.85. The number of rotatable bonds is 5. The maximum Gasteiger partial charge on any atom is 0.240 e. The Morgan fingerprint density at radius 1 is 1.30 bits per heavy atom. The molecule has 0 spiro atoms. The largest absolute Gasteiger partial charge is 0.350 e. The topological polar surface area (TPSA) is 62.3 Å². The lowest BCUT2D eigenvalue weighted by atomic mass is 10.1. The SMILES string of the molecule is CN(CC(=O)NC(C)(C)C)C(=O)CSc1nc2ccccc2s1. The number of carbonyl (C=O) groups is 2. The zero-order valence-corrected chi connectivity index (χ0v) is 15.4. The van der Waals surface area contributed by atoms with Gasteiger partial charge in [0.2, 0.25) is 11.8 Å². The predicted molar refractivity (Wildman–Crippen MR) is 95.9 cm³/mol. The van der Waals surface area contributed by atoms with Crippen molar-refractivity contribution in [1.29, 1.82) is 0 Å². The third kappa shape index (κ3) is 5.51. The van der Waals surface area contributed by atoms with E-state index in [1.165, 1.54) is 16.7 Å². The highest BCUT2D eigenvalue weighted by atomic mass is 32.2. The fraction of sp³-hybridized carbons (Fsp3) is 0.438. The van der Waals surface area contributed by atoms with Crippen molar-refractivity contribution in [1.82, 2.24) is 15.2 Å². The number of hydrogen-bond acceptors (Lipinski definition) is 5. The van der Waals surface area contributed by atoms with Gasteiger partial charge in [0.15, 0.2) is 4.34 Å². The minimum absolute atomic E-state index is 0.0660. The Bertz CT molecular complexity index is 674. The van der Waals surface area contributed by atoms with E-state index in [1.807, 2.05) is 45.0 Å². The first kappa shape index (κ1) is 17.7. The highest BCUT2D eigenvalue weighted by Crippen LogP contribution is 2.29. The lowest BCUT2D eigenvalue weighted by Gasteiger charge is -2.23. The smallest absolute Gasteiger partial charge is 0.240 e. The average Bonchev–Trinajstić information content (AvgIpc) is 2.85. The molecule has 0 unspecified atom stereocenters. The van der Waals surface area contributed by atoms with E-state index in [2.05, 4.69) is 10.3 Å². The summed E-state index contributed by atoms with van der Waals surface area (Å²) in [6, 6.07) is 7.90. The summed E-state index contributed by atoms with van der Waals surface area (Å²) in [5.41, 5.74) is 0.654. The van der Waals surface area contributed by atoms with Crippen LogP contribution in [0.25, 0.3) is 10.2 Å². The van der Waals surface area contributed by atoms with E-state index < -0.39 is 0 Å². The summed E-state index contributed by atoms with van der Waals surface area (Å²) in [5.74, 6) is 0.0377. The standard InChI is InChI=1S/C16H21N3O2S2/c1-16(2,3)18-13(20)9-19(4)14(21)10-22-15-17-11-7-5-6-8-12(11)23-15/h5-8H,9-10H2,1-4H3,(H,18,20). The number of amides is 2. The summed E-state index contributed by atoms with van der Waals surface area (Å²) in [4.78, 5) is 29.9. The summed E-state index contributed by atoms with van der Waals surface area (Å²) < 4.78 is 1.98. The van der Waals surface area contributed by atoms with E-state index in [1.54, 1.807) is 18.4 Å². The molecule has 124 valence electrons. The maximum atomic E-state index is 12.1. The third-order valence-electron chi connectivity index (χ3n) is 2.91. The lowest BCUT2D eigenvalue weighted by Crippen LogP contribution is -2.46. The van der Waals surface area contributed by atoms with Crippen molar-refractivity contribution < 1.29 is 9.59 Å². The van der Waals surface area contributed by atoms with Gasteiger partial charge in [-0.25, -0.2) is 4.98 Å². The van der Waals surface area contributed by atoms with Gasteiger partial charge in [0, 0.05) is 12.6 Å². The van der Waals surface area contributed by atoms with Crippen LogP contribution in [-0.2, 0) is 9.59 Å². The van der Waals surface area contributed by atoms with E-state index in [9.17, 15) is 9.59 Å². The van der Waals surface area contributed by atoms with Crippen molar-refractivity contribution in [3.05, 3.63) is 24.3 Å². The van der Waals surface area contributed by atoms with Crippen molar-refractivity contribution >= 4 is 45.1 Å². The van der Waals surface area contributed by atoms with Crippen LogP contribution < -0.4 is 5.32 Å². The molecule has 2 amide bonds. The molecule has 0 aliphatic carbocycles. The first-order chi connectivity index (χ1) is 10.7. The van der Waals surface area contributed by atoms with Crippen LogP contribution >= 0.6 is 23.1 Å². The molecule has 2 rings (SSSR count). The summed E-state index contributed by atoms with van der Waals surface area (Å²) >= 11 is 2.98. The second-order valence-corrected chi connectivity index (χ2v) is 8.54. The Morgan fingerprint density at radius 3 is 2.65 bits per heavy atom. The van der Waals surface area contributed by atoms with Crippen LogP contribution in [0.5, 0.6) is 0 Å². The van der Waals surface area contributed by atoms with Gasteiger partial charge >= 0.3 is 0 Å². The predicted octanol–water partition coefficient (Wildman–Crippen LogP) is 2.76. The van der Waals surface area contributed by atoms with Gasteiger partial charge in [0.1, 0.15) is 0 Å². The Labute approximate surface area is 144 Å². The van der Waals surface area contributed by atoms with Gasteiger partial charge in [-0.1, -0.05) is 23.9 Å². The molecular formula is C16H21N3O2S2. The molecule has 0 bridgehead atoms. The van der Waals surface area contributed by atoms with Gasteiger partial charge in [0.05, 0.1) is 22.5 Å². The number of likely N-dealkylation sites (N-methyl/N-ethyl adjacent to an activating group) is 1. The van der Waals surface area contributed by atoms with Crippen LogP contribution in [0.1, 0.15) is 20.8 Å². The Morgan fingerprint density at radius 2 is 2.00 bits per heavy atom. The number of hydrogen-bond donors (Lipinski definition) is 1. The molecule has 2 aromatic rings. The fourth-order valence-corrected chi connectivity index (χ4v) is 3.92. The Kier molecular flexibility index (Phi) is 5.64. The van der Waals surface area contributed by atoms with Gasteiger partial charge in [-0.15, -0.1) is 11.3 Å². The number of benzene rings is 1. The number of nitrogens with one attached hydrogen (secondary N) is 1. The molecule has 1 aromatic carbocycles. The molecule has 7 heteroatoms. The van der Waals surface area contributed by atoms with E-state index in [4.69, 9.17) is 0 Å². The van der Waals surface area contributed by atoms with Crippen LogP contribution in [0, 0.1) is 0 Å². The normalized spacial score (nSPS) is 11.5. The van der Waals surface area contributed by atoms with Crippen LogP contribution in [-0.4, -0.2) is 46.6 Å². The molecule has 0 atom stereocenters. The monoisotopic (exact) mass is 351 g/mol. The quantitative estimate of drug-likeness (QED) is 0.842. The first-order valence-electron chi connectivity index (χ1n) is 7.28. The number of thiazole rings is 1.